The molecule has 2 rings (SSSR count). The summed E-state index contributed by atoms with van der Waals surface area (Å²) in [4.78, 5) is 7.32. The first-order chi connectivity index (χ1) is 9.74. The van der Waals surface area contributed by atoms with E-state index in [4.69, 9.17) is 4.98 Å². The molecule has 0 bridgehead atoms. The van der Waals surface area contributed by atoms with Gasteiger partial charge in [-0.1, -0.05) is 26.3 Å². The summed E-state index contributed by atoms with van der Waals surface area (Å²) >= 11 is 0. The third-order valence-corrected chi connectivity index (χ3v) is 4.11. The van der Waals surface area contributed by atoms with Crippen molar-refractivity contribution < 1.29 is 0 Å². The van der Waals surface area contributed by atoms with Crippen LogP contribution in [0.1, 0.15) is 58.6 Å². The third kappa shape index (κ3) is 4.48. The topological polar surface area (TPSA) is 28.2 Å². The number of hydrogen-bond donors (Lipinski definition) is 1. The van der Waals surface area contributed by atoms with Gasteiger partial charge in [0.1, 0.15) is 5.82 Å². The second-order valence-electron chi connectivity index (χ2n) is 5.95. The molecule has 20 heavy (non-hydrogen) atoms. The van der Waals surface area contributed by atoms with Crippen LogP contribution in [0.3, 0.4) is 0 Å². The van der Waals surface area contributed by atoms with Gasteiger partial charge in [0, 0.05) is 25.2 Å². The van der Waals surface area contributed by atoms with E-state index in [2.05, 4.69) is 49.2 Å². The number of pyridine rings is 1. The van der Waals surface area contributed by atoms with Crippen molar-refractivity contribution in [2.45, 2.75) is 71.5 Å². The van der Waals surface area contributed by atoms with E-state index < -0.39 is 0 Å². The normalized spacial score (nSPS) is 16.1. The molecule has 1 aliphatic carbocycles. The zero-order valence-corrected chi connectivity index (χ0v) is 13.2. The predicted molar refractivity (Wildman–Crippen MR) is 86.1 cm³/mol. The number of rotatable bonds is 9. The van der Waals surface area contributed by atoms with Crippen molar-refractivity contribution in [3.8, 4) is 0 Å². The number of anilines is 1. The maximum Gasteiger partial charge on any atom is 0.129 e. The molecule has 112 valence electrons. The van der Waals surface area contributed by atoms with Crippen LogP contribution in [0.2, 0.25) is 0 Å². The molecule has 0 amide bonds. The monoisotopic (exact) mass is 275 g/mol. The zero-order chi connectivity index (χ0) is 14.4. The Morgan fingerprint density at radius 1 is 1.35 bits per heavy atom. The van der Waals surface area contributed by atoms with E-state index in [0.29, 0.717) is 6.04 Å². The first-order valence-corrected chi connectivity index (χ1v) is 8.20. The van der Waals surface area contributed by atoms with Crippen molar-refractivity contribution in [1.82, 2.24) is 10.3 Å². The first kappa shape index (κ1) is 15.3. The fraction of sp³-hybridized carbons (Fsp3) is 0.706. The fourth-order valence-corrected chi connectivity index (χ4v) is 2.37. The standard InChI is InChI=1S/C17H29N3/c1-4-6-12-20(14(3)5-2)17-9-7-8-16(19-17)13-18-15-10-11-15/h7-9,14-15,18H,4-6,10-13H2,1-3H3. The van der Waals surface area contributed by atoms with Crippen molar-refractivity contribution in [1.29, 1.82) is 0 Å². The minimum atomic E-state index is 0.556. The van der Waals surface area contributed by atoms with Crippen LogP contribution in [-0.2, 0) is 6.54 Å². The molecule has 1 saturated carbocycles. The average molecular weight is 275 g/mol. The Balaban J connectivity index is 2.03. The minimum absolute atomic E-state index is 0.556. The Hall–Kier alpha value is -1.09. The Labute approximate surface area is 123 Å². The van der Waals surface area contributed by atoms with Gasteiger partial charge in [-0.2, -0.15) is 0 Å². The summed E-state index contributed by atoms with van der Waals surface area (Å²) in [5.41, 5.74) is 1.17. The van der Waals surface area contributed by atoms with Crippen LogP contribution >= 0.6 is 0 Å². The SMILES string of the molecule is CCCCN(c1cccc(CNC2CC2)n1)C(C)CC. The summed E-state index contributed by atoms with van der Waals surface area (Å²) in [6.07, 6.45) is 6.28. The molecule has 1 aromatic heterocycles. The van der Waals surface area contributed by atoms with Gasteiger partial charge in [-0.3, -0.25) is 0 Å². The van der Waals surface area contributed by atoms with Gasteiger partial charge in [-0.05, 0) is 44.7 Å². The van der Waals surface area contributed by atoms with E-state index in [1.807, 2.05) is 0 Å². The van der Waals surface area contributed by atoms with Crippen molar-refractivity contribution in [3.05, 3.63) is 23.9 Å². The van der Waals surface area contributed by atoms with Crippen LogP contribution in [-0.4, -0.2) is 23.6 Å². The van der Waals surface area contributed by atoms with Gasteiger partial charge in [0.05, 0.1) is 5.69 Å². The number of nitrogens with zero attached hydrogens (tertiary/aromatic N) is 2. The van der Waals surface area contributed by atoms with Gasteiger partial charge in [0.15, 0.2) is 0 Å². The predicted octanol–water partition coefficient (Wildman–Crippen LogP) is 3.74. The maximum atomic E-state index is 4.86. The van der Waals surface area contributed by atoms with Gasteiger partial charge in [-0.15, -0.1) is 0 Å². The van der Waals surface area contributed by atoms with E-state index in [0.717, 1.165) is 31.4 Å². The number of unbranched alkanes of at least 4 members (excludes halogenated alkanes) is 1. The number of aromatic nitrogens is 1. The highest BCUT2D eigenvalue weighted by molar-refractivity contribution is 5.40. The van der Waals surface area contributed by atoms with Gasteiger partial charge in [0.2, 0.25) is 0 Å². The maximum absolute atomic E-state index is 4.86. The van der Waals surface area contributed by atoms with Crippen LogP contribution < -0.4 is 10.2 Å². The van der Waals surface area contributed by atoms with Crippen LogP contribution in [0.4, 0.5) is 5.82 Å². The highest BCUT2D eigenvalue weighted by atomic mass is 15.2. The summed E-state index contributed by atoms with van der Waals surface area (Å²) in [7, 11) is 0. The Kier molecular flexibility index (Phi) is 5.84. The van der Waals surface area contributed by atoms with Crippen molar-refractivity contribution in [2.24, 2.45) is 0 Å². The highest BCUT2D eigenvalue weighted by Gasteiger charge is 2.20. The van der Waals surface area contributed by atoms with Crippen LogP contribution in [0.5, 0.6) is 0 Å². The van der Waals surface area contributed by atoms with Gasteiger partial charge in [0.25, 0.3) is 0 Å². The highest BCUT2D eigenvalue weighted by Crippen LogP contribution is 2.20. The number of nitrogens with one attached hydrogen (secondary N) is 1. The summed E-state index contributed by atoms with van der Waals surface area (Å²) < 4.78 is 0. The Morgan fingerprint density at radius 3 is 2.80 bits per heavy atom. The molecule has 0 radical (unpaired) electrons. The molecule has 1 N–H and O–H groups in total. The lowest BCUT2D eigenvalue weighted by Gasteiger charge is -2.30. The van der Waals surface area contributed by atoms with E-state index in [1.54, 1.807) is 0 Å². The zero-order valence-electron chi connectivity index (χ0n) is 13.2. The van der Waals surface area contributed by atoms with Crippen molar-refractivity contribution in [3.63, 3.8) is 0 Å². The molecule has 1 aliphatic rings. The lowest BCUT2D eigenvalue weighted by molar-refractivity contribution is 0.587. The van der Waals surface area contributed by atoms with Crippen molar-refractivity contribution >= 4 is 5.82 Å². The van der Waals surface area contributed by atoms with E-state index >= 15 is 0 Å². The summed E-state index contributed by atoms with van der Waals surface area (Å²) in [5.74, 6) is 1.14. The molecule has 0 spiro atoms. The third-order valence-electron chi connectivity index (χ3n) is 4.11. The molecule has 3 heteroatoms. The smallest absolute Gasteiger partial charge is 0.129 e. The molecule has 1 atom stereocenters. The van der Waals surface area contributed by atoms with Gasteiger partial charge >= 0.3 is 0 Å². The molecule has 1 aromatic rings. The molecule has 1 heterocycles. The van der Waals surface area contributed by atoms with Crippen LogP contribution in [0.25, 0.3) is 0 Å². The molecule has 3 nitrogen and oxygen atoms in total. The van der Waals surface area contributed by atoms with Crippen molar-refractivity contribution in [2.75, 3.05) is 11.4 Å². The largest absolute Gasteiger partial charge is 0.354 e. The second kappa shape index (κ2) is 7.63. The molecule has 1 fully saturated rings. The summed E-state index contributed by atoms with van der Waals surface area (Å²) in [5, 5.41) is 3.54. The first-order valence-electron chi connectivity index (χ1n) is 8.20. The number of hydrogen-bond acceptors (Lipinski definition) is 3. The fourth-order valence-electron chi connectivity index (χ4n) is 2.37. The lowest BCUT2D eigenvalue weighted by atomic mass is 10.2. The molecule has 0 saturated heterocycles. The van der Waals surface area contributed by atoms with Gasteiger partial charge < -0.3 is 10.2 Å². The molecule has 1 unspecified atom stereocenters. The van der Waals surface area contributed by atoms with Crippen LogP contribution in [0, 0.1) is 0 Å². The Bertz CT molecular complexity index is 401. The minimum Gasteiger partial charge on any atom is -0.354 e. The quantitative estimate of drug-likeness (QED) is 0.744. The molecule has 0 aliphatic heterocycles. The van der Waals surface area contributed by atoms with E-state index in [1.165, 1.54) is 31.4 Å². The lowest BCUT2D eigenvalue weighted by Crippen LogP contribution is -2.34. The van der Waals surface area contributed by atoms with E-state index in [-0.39, 0.29) is 0 Å². The molecular weight excluding hydrogens is 246 g/mol. The summed E-state index contributed by atoms with van der Waals surface area (Å²) in [6, 6.07) is 7.73. The second-order valence-corrected chi connectivity index (χ2v) is 5.95. The van der Waals surface area contributed by atoms with Gasteiger partial charge in [-0.25, -0.2) is 4.98 Å². The molecular formula is C17H29N3. The average Bonchev–Trinajstić information content (AvgIpc) is 3.30. The molecule has 0 aromatic carbocycles. The van der Waals surface area contributed by atoms with E-state index in [9.17, 15) is 0 Å². The Morgan fingerprint density at radius 2 is 2.15 bits per heavy atom. The summed E-state index contributed by atoms with van der Waals surface area (Å²) in [6.45, 7) is 8.81. The van der Waals surface area contributed by atoms with Crippen LogP contribution in [0.15, 0.2) is 18.2 Å².